The topological polar surface area (TPSA) is 49.4 Å². The van der Waals surface area contributed by atoms with Crippen molar-refractivity contribution in [2.24, 2.45) is 5.92 Å². The van der Waals surface area contributed by atoms with Crippen LogP contribution >= 0.6 is 7.60 Å². The molecule has 0 aromatic carbocycles. The minimum Gasteiger partial charge on any atom is -0.778 e. The molecule has 0 fully saturated rings. The number of hydrogen-bond donors (Lipinski definition) is 0. The Balaban J connectivity index is 4.08. The molecule has 0 spiro atoms. The lowest BCUT2D eigenvalue weighted by molar-refractivity contribution is -0.870. The molecule has 0 saturated heterocycles. The Kier molecular flexibility index (Phi) is 35.6. The molecule has 0 aliphatic heterocycles. The average molecular weight is 700 g/mol. The first-order valence-electron chi connectivity index (χ1n) is 21.9. The average Bonchev–Trinajstić information content (AvgIpc) is 3.04. The summed E-state index contributed by atoms with van der Waals surface area (Å²) in [4.78, 5) is 12.7. The summed E-state index contributed by atoms with van der Waals surface area (Å²) >= 11 is 0. The predicted octanol–water partition coefficient (Wildman–Crippen LogP) is 14.2. The van der Waals surface area contributed by atoms with Gasteiger partial charge in [0.25, 0.3) is 0 Å². The molecule has 0 saturated carbocycles. The van der Waals surface area contributed by atoms with Crippen LogP contribution < -0.4 is 4.89 Å². The molecule has 290 valence electrons. The van der Waals surface area contributed by atoms with Gasteiger partial charge in [0.05, 0.1) is 34.3 Å². The zero-order valence-electron chi connectivity index (χ0n) is 33.9. The summed E-state index contributed by atoms with van der Waals surface area (Å²) in [6.45, 7) is 5.85. The van der Waals surface area contributed by atoms with Crippen LogP contribution in [-0.4, -0.2) is 44.9 Å². The first-order chi connectivity index (χ1) is 23.2. The molecule has 0 heterocycles. The molecule has 0 aromatic heterocycles. The maximum atomic E-state index is 12.7. The summed E-state index contributed by atoms with van der Waals surface area (Å²) in [5.74, 6) is 0.388. The minimum absolute atomic E-state index is 0.174. The van der Waals surface area contributed by atoms with Gasteiger partial charge in [-0.3, -0.25) is 0 Å². The van der Waals surface area contributed by atoms with Crippen LogP contribution in [0.2, 0.25) is 0 Å². The fraction of sp³-hybridized carbons (Fsp3) is 1.00. The van der Waals surface area contributed by atoms with Gasteiger partial charge in [-0.25, -0.2) is 0 Å². The van der Waals surface area contributed by atoms with Gasteiger partial charge in [0.1, 0.15) is 7.60 Å². The van der Waals surface area contributed by atoms with E-state index in [1.54, 1.807) is 0 Å². The van der Waals surface area contributed by atoms with E-state index in [0.29, 0.717) is 18.9 Å². The summed E-state index contributed by atoms with van der Waals surface area (Å²) in [6, 6.07) is 0. The third-order valence-corrected chi connectivity index (χ3v) is 11.9. The summed E-state index contributed by atoms with van der Waals surface area (Å²) in [6.07, 6.45) is 46.0. The van der Waals surface area contributed by atoms with E-state index in [9.17, 15) is 9.46 Å². The first kappa shape index (κ1) is 48.1. The Hall–Kier alpha value is 0.110. The molecule has 0 aromatic rings. The minimum atomic E-state index is -3.74. The lowest BCUT2D eigenvalue weighted by Crippen LogP contribution is -2.35. The number of hydrogen-bond acceptors (Lipinski definition) is 3. The Morgan fingerprint density at radius 1 is 0.458 bits per heavy atom. The zero-order chi connectivity index (χ0) is 35.4. The molecule has 4 nitrogen and oxygen atoms in total. The van der Waals surface area contributed by atoms with Crippen molar-refractivity contribution in [1.82, 2.24) is 0 Å². The van der Waals surface area contributed by atoms with Crippen LogP contribution in [0.5, 0.6) is 0 Å². The maximum absolute atomic E-state index is 12.7. The van der Waals surface area contributed by atoms with Gasteiger partial charge in [-0.15, -0.1) is 0 Å². The van der Waals surface area contributed by atoms with E-state index in [1.165, 1.54) is 199 Å². The van der Waals surface area contributed by atoms with E-state index < -0.39 is 7.60 Å². The van der Waals surface area contributed by atoms with Crippen LogP contribution in [0.25, 0.3) is 0 Å². The molecular weight excluding hydrogens is 609 g/mol. The van der Waals surface area contributed by atoms with Gasteiger partial charge >= 0.3 is 0 Å². The van der Waals surface area contributed by atoms with E-state index in [1.807, 2.05) is 0 Å². The Bertz CT molecular complexity index is 679. The molecule has 2 unspecified atom stereocenters. The van der Waals surface area contributed by atoms with Crippen LogP contribution in [0.3, 0.4) is 0 Å². The third-order valence-electron chi connectivity index (χ3n) is 10.4. The highest BCUT2D eigenvalue weighted by Crippen LogP contribution is 2.39. The quantitative estimate of drug-likeness (QED) is 0.0363. The molecule has 48 heavy (non-hydrogen) atoms. The fourth-order valence-electron chi connectivity index (χ4n) is 7.12. The van der Waals surface area contributed by atoms with Crippen LogP contribution in [0, 0.1) is 5.92 Å². The van der Waals surface area contributed by atoms with Gasteiger partial charge in [-0.05, 0) is 18.8 Å². The first-order valence-corrected chi connectivity index (χ1v) is 23.7. The molecule has 0 radical (unpaired) electrons. The number of rotatable bonds is 40. The van der Waals surface area contributed by atoms with Gasteiger partial charge < -0.3 is 18.5 Å². The SMILES string of the molecule is CCCCCCCCCCCCCCCCCCC(CCCCCCCCCCCCCCCCC)COP(=O)([O-])CCC[N+](C)(C)C. The molecule has 5 heteroatoms. The van der Waals surface area contributed by atoms with Gasteiger partial charge in [-0.1, -0.05) is 213 Å². The van der Waals surface area contributed by atoms with E-state index in [2.05, 4.69) is 35.0 Å². The molecule has 0 aliphatic carbocycles. The van der Waals surface area contributed by atoms with Gasteiger partial charge in [0.15, 0.2) is 0 Å². The number of nitrogens with zero attached hydrogens (tertiary/aromatic N) is 1. The van der Waals surface area contributed by atoms with E-state index in [-0.39, 0.29) is 6.16 Å². The highest BCUT2D eigenvalue weighted by Gasteiger charge is 2.16. The van der Waals surface area contributed by atoms with Crippen LogP contribution in [0.15, 0.2) is 0 Å². The molecule has 0 N–H and O–H groups in total. The van der Waals surface area contributed by atoms with Crippen molar-refractivity contribution in [3.63, 3.8) is 0 Å². The normalized spacial score (nSPS) is 14.0. The number of quaternary nitrogens is 1. The molecule has 0 aliphatic rings. The molecular formula is C43H90NO3P. The monoisotopic (exact) mass is 700 g/mol. The van der Waals surface area contributed by atoms with E-state index in [4.69, 9.17) is 4.52 Å². The second-order valence-electron chi connectivity index (χ2n) is 16.7. The maximum Gasteiger partial charge on any atom is 0.135 e. The molecule has 0 bridgehead atoms. The van der Waals surface area contributed by atoms with Crippen molar-refractivity contribution in [1.29, 1.82) is 0 Å². The van der Waals surface area contributed by atoms with Gasteiger partial charge in [-0.2, -0.15) is 0 Å². The van der Waals surface area contributed by atoms with Crippen molar-refractivity contribution < 1.29 is 18.5 Å². The van der Waals surface area contributed by atoms with Crippen molar-refractivity contribution in [3.8, 4) is 0 Å². The smallest absolute Gasteiger partial charge is 0.135 e. The predicted molar refractivity (Wildman–Crippen MR) is 213 cm³/mol. The van der Waals surface area contributed by atoms with Crippen molar-refractivity contribution in [3.05, 3.63) is 0 Å². The lowest BCUT2D eigenvalue weighted by Gasteiger charge is -2.29. The lowest BCUT2D eigenvalue weighted by atomic mass is 9.94. The van der Waals surface area contributed by atoms with Crippen molar-refractivity contribution >= 4 is 7.60 Å². The molecule has 0 rings (SSSR count). The van der Waals surface area contributed by atoms with Gasteiger partial charge in [0, 0.05) is 12.6 Å². The largest absolute Gasteiger partial charge is 0.778 e. The standard InChI is InChI=1S/C43H90NO3P/c1-6-8-10-12-14-16-18-20-22-24-26-28-30-32-34-36-39-43(42-47-48(45,46)41-37-40-44(3,4)5)38-35-33-31-29-27-25-23-21-19-17-15-13-11-9-7-2/h43H,6-42H2,1-5H3. The van der Waals surface area contributed by atoms with E-state index in [0.717, 1.165) is 23.9 Å². The highest BCUT2D eigenvalue weighted by molar-refractivity contribution is 7.51. The summed E-state index contributed by atoms with van der Waals surface area (Å²) < 4.78 is 19.1. The Morgan fingerprint density at radius 2 is 0.729 bits per heavy atom. The van der Waals surface area contributed by atoms with Gasteiger partial charge in [0.2, 0.25) is 0 Å². The fourth-order valence-corrected chi connectivity index (χ4v) is 8.21. The second kappa shape index (κ2) is 35.5. The second-order valence-corrected chi connectivity index (χ2v) is 18.6. The van der Waals surface area contributed by atoms with E-state index >= 15 is 0 Å². The summed E-state index contributed by atoms with van der Waals surface area (Å²) in [7, 11) is 2.60. The summed E-state index contributed by atoms with van der Waals surface area (Å²) in [5, 5.41) is 0. The Labute approximate surface area is 303 Å². The van der Waals surface area contributed by atoms with Crippen molar-refractivity contribution in [2.45, 2.75) is 232 Å². The summed E-state index contributed by atoms with van der Waals surface area (Å²) in [5.41, 5.74) is 0. The third kappa shape index (κ3) is 38.9. The number of unbranched alkanes of at least 4 members (excludes halogenated alkanes) is 29. The van der Waals surface area contributed by atoms with Crippen molar-refractivity contribution in [2.75, 3.05) is 40.5 Å². The highest BCUT2D eigenvalue weighted by atomic mass is 31.2. The zero-order valence-corrected chi connectivity index (χ0v) is 34.8. The van der Waals surface area contributed by atoms with Crippen LogP contribution in [-0.2, 0) is 9.09 Å². The molecule has 2 atom stereocenters. The van der Waals surface area contributed by atoms with Crippen LogP contribution in [0.4, 0.5) is 0 Å². The Morgan fingerprint density at radius 3 is 1.00 bits per heavy atom. The molecule has 0 amide bonds. The van der Waals surface area contributed by atoms with Crippen LogP contribution in [0.1, 0.15) is 232 Å².